The maximum absolute atomic E-state index is 13.9. The minimum atomic E-state index is -0.333. The zero-order valence-electron chi connectivity index (χ0n) is 18.4. The van der Waals surface area contributed by atoms with E-state index in [-0.39, 0.29) is 12.4 Å². The maximum Gasteiger partial charge on any atom is 0.164 e. The SMILES string of the molecule is COCc1cc(C)nc(N/N=C/c2cc(OC)c(OCc3ccccc3F)cc2Br)c1C#N. The summed E-state index contributed by atoms with van der Waals surface area (Å²) in [6, 6.07) is 13.8. The molecule has 0 amide bonds. The summed E-state index contributed by atoms with van der Waals surface area (Å²) in [5.74, 6) is 0.924. The number of halogens is 2. The number of pyridine rings is 1. The number of methoxy groups -OCH3 is 2. The highest BCUT2D eigenvalue weighted by atomic mass is 79.9. The lowest BCUT2D eigenvalue weighted by molar-refractivity contribution is 0.184. The van der Waals surface area contributed by atoms with E-state index in [0.29, 0.717) is 45.1 Å². The molecule has 9 heteroatoms. The summed E-state index contributed by atoms with van der Waals surface area (Å²) in [6.07, 6.45) is 1.56. The molecule has 0 aliphatic rings. The van der Waals surface area contributed by atoms with E-state index in [4.69, 9.17) is 14.2 Å². The Kier molecular flexibility index (Phi) is 8.35. The van der Waals surface area contributed by atoms with Gasteiger partial charge >= 0.3 is 0 Å². The fourth-order valence-electron chi connectivity index (χ4n) is 3.07. The fraction of sp³-hybridized carbons (Fsp3) is 0.208. The molecular formula is C24H22BrFN4O3. The number of benzene rings is 2. The monoisotopic (exact) mass is 512 g/mol. The molecule has 3 rings (SSSR count). The quantitative estimate of drug-likeness (QED) is 0.307. The summed E-state index contributed by atoms with van der Waals surface area (Å²) in [6.45, 7) is 2.18. The summed E-state index contributed by atoms with van der Waals surface area (Å²) in [7, 11) is 3.09. The van der Waals surface area contributed by atoms with Crippen molar-refractivity contribution in [3.63, 3.8) is 0 Å². The van der Waals surface area contributed by atoms with Crippen LogP contribution in [0.4, 0.5) is 10.2 Å². The zero-order valence-corrected chi connectivity index (χ0v) is 19.9. The normalized spacial score (nSPS) is 10.8. The minimum Gasteiger partial charge on any atom is -0.493 e. The number of aryl methyl sites for hydroxylation is 1. The number of ether oxygens (including phenoxy) is 3. The van der Waals surface area contributed by atoms with Gasteiger partial charge in [-0.2, -0.15) is 10.4 Å². The number of nitriles is 1. The van der Waals surface area contributed by atoms with Gasteiger partial charge in [0.2, 0.25) is 0 Å². The van der Waals surface area contributed by atoms with Crippen LogP contribution in [0.15, 0.2) is 52.0 Å². The largest absolute Gasteiger partial charge is 0.493 e. The summed E-state index contributed by atoms with van der Waals surface area (Å²) >= 11 is 3.50. The van der Waals surface area contributed by atoms with E-state index < -0.39 is 0 Å². The first-order valence-electron chi connectivity index (χ1n) is 9.89. The Morgan fingerprint density at radius 1 is 1.15 bits per heavy atom. The van der Waals surface area contributed by atoms with Gasteiger partial charge in [-0.3, -0.25) is 5.43 Å². The Morgan fingerprint density at radius 3 is 2.64 bits per heavy atom. The third-order valence-corrected chi connectivity index (χ3v) is 5.33. The number of nitrogens with zero attached hydrogens (tertiary/aromatic N) is 3. The predicted octanol–water partition coefficient (Wildman–Crippen LogP) is 5.34. The van der Waals surface area contributed by atoms with E-state index in [1.807, 2.05) is 6.92 Å². The fourth-order valence-corrected chi connectivity index (χ4v) is 3.50. The number of nitrogens with one attached hydrogen (secondary N) is 1. The van der Waals surface area contributed by atoms with Crippen molar-refractivity contribution in [1.29, 1.82) is 5.26 Å². The van der Waals surface area contributed by atoms with E-state index >= 15 is 0 Å². The van der Waals surface area contributed by atoms with Gasteiger partial charge in [0.15, 0.2) is 17.3 Å². The van der Waals surface area contributed by atoms with Gasteiger partial charge in [0.1, 0.15) is 24.1 Å². The Balaban J connectivity index is 1.79. The molecular weight excluding hydrogens is 491 g/mol. The van der Waals surface area contributed by atoms with Crippen molar-refractivity contribution in [2.45, 2.75) is 20.1 Å². The second-order valence-corrected chi connectivity index (χ2v) is 7.82. The van der Waals surface area contributed by atoms with Gasteiger partial charge in [-0.25, -0.2) is 9.37 Å². The van der Waals surface area contributed by atoms with Crippen LogP contribution in [0.3, 0.4) is 0 Å². The minimum absolute atomic E-state index is 0.0598. The van der Waals surface area contributed by atoms with Crippen LogP contribution in [0.1, 0.15) is 27.9 Å². The molecule has 1 aromatic heterocycles. The van der Waals surface area contributed by atoms with Crippen LogP contribution >= 0.6 is 15.9 Å². The Morgan fingerprint density at radius 2 is 1.94 bits per heavy atom. The highest BCUT2D eigenvalue weighted by molar-refractivity contribution is 9.10. The molecule has 33 heavy (non-hydrogen) atoms. The van der Waals surface area contributed by atoms with Gasteiger partial charge in [0, 0.05) is 34.0 Å². The number of hydrogen-bond acceptors (Lipinski definition) is 7. The third-order valence-electron chi connectivity index (χ3n) is 4.64. The van der Waals surface area contributed by atoms with Gasteiger partial charge in [0.05, 0.1) is 19.9 Å². The molecule has 0 saturated carbocycles. The van der Waals surface area contributed by atoms with E-state index in [9.17, 15) is 9.65 Å². The van der Waals surface area contributed by atoms with Crippen molar-refractivity contribution >= 4 is 28.0 Å². The van der Waals surface area contributed by atoms with Crippen LogP contribution in [0, 0.1) is 24.1 Å². The van der Waals surface area contributed by atoms with Crippen LogP contribution in [-0.2, 0) is 18.0 Å². The van der Waals surface area contributed by atoms with Crippen molar-refractivity contribution in [2.24, 2.45) is 5.10 Å². The lowest BCUT2D eigenvalue weighted by Crippen LogP contribution is -2.04. The van der Waals surface area contributed by atoms with Crippen LogP contribution in [0.5, 0.6) is 11.5 Å². The molecule has 3 aromatic rings. The Bertz CT molecular complexity index is 1210. The van der Waals surface area contributed by atoms with Crippen LogP contribution in [0.25, 0.3) is 0 Å². The lowest BCUT2D eigenvalue weighted by atomic mass is 10.1. The highest BCUT2D eigenvalue weighted by Gasteiger charge is 2.13. The van der Waals surface area contributed by atoms with Crippen LogP contribution < -0.4 is 14.9 Å². The molecule has 0 fully saturated rings. The number of anilines is 1. The Labute approximate surface area is 200 Å². The molecule has 0 spiro atoms. The molecule has 0 atom stereocenters. The number of hydrogen-bond donors (Lipinski definition) is 1. The van der Waals surface area contributed by atoms with Gasteiger partial charge in [-0.15, -0.1) is 0 Å². The number of hydrazone groups is 1. The van der Waals surface area contributed by atoms with Crippen molar-refractivity contribution < 1.29 is 18.6 Å². The first-order valence-corrected chi connectivity index (χ1v) is 10.7. The summed E-state index contributed by atoms with van der Waals surface area (Å²) in [4.78, 5) is 4.36. The number of rotatable bonds is 9. The molecule has 2 aromatic carbocycles. The van der Waals surface area contributed by atoms with Crippen LogP contribution in [0.2, 0.25) is 0 Å². The molecule has 0 aliphatic carbocycles. The van der Waals surface area contributed by atoms with Crippen molar-refractivity contribution in [2.75, 3.05) is 19.6 Å². The second-order valence-electron chi connectivity index (χ2n) is 6.97. The van der Waals surface area contributed by atoms with Crippen molar-refractivity contribution in [3.8, 4) is 17.6 Å². The van der Waals surface area contributed by atoms with E-state index in [1.165, 1.54) is 13.2 Å². The standard InChI is InChI=1S/C24H22BrFN4O3/c1-15-8-18(13-31-2)19(11-27)24(29-15)30-28-12-17-9-22(32-3)23(10-20(17)25)33-14-16-6-4-5-7-21(16)26/h4-10,12H,13-14H2,1-3H3,(H,29,30)/b28-12+. The van der Waals surface area contributed by atoms with Crippen molar-refractivity contribution in [3.05, 3.63) is 80.7 Å². The molecule has 1 N–H and O–H groups in total. The maximum atomic E-state index is 13.9. The molecule has 0 aliphatic heterocycles. The first-order chi connectivity index (χ1) is 16.0. The van der Waals surface area contributed by atoms with Gasteiger partial charge in [-0.1, -0.05) is 18.2 Å². The molecule has 1 heterocycles. The topological polar surface area (TPSA) is 88.8 Å². The average Bonchev–Trinajstić information content (AvgIpc) is 2.80. The van der Waals surface area contributed by atoms with E-state index in [0.717, 1.165) is 11.3 Å². The van der Waals surface area contributed by atoms with Gasteiger partial charge in [0.25, 0.3) is 0 Å². The molecule has 170 valence electrons. The first kappa shape index (κ1) is 24.2. The number of aromatic nitrogens is 1. The molecule has 0 radical (unpaired) electrons. The summed E-state index contributed by atoms with van der Waals surface area (Å²) in [5, 5.41) is 13.8. The smallest absolute Gasteiger partial charge is 0.164 e. The zero-order chi connectivity index (χ0) is 23.8. The van der Waals surface area contributed by atoms with E-state index in [2.05, 4.69) is 37.5 Å². The summed E-state index contributed by atoms with van der Waals surface area (Å²) < 4.78 is 30.9. The second kappa shape index (κ2) is 11.4. The summed E-state index contributed by atoms with van der Waals surface area (Å²) in [5.41, 5.74) is 5.80. The lowest BCUT2D eigenvalue weighted by Gasteiger charge is -2.13. The van der Waals surface area contributed by atoms with Crippen LogP contribution in [-0.4, -0.2) is 25.4 Å². The third kappa shape index (κ3) is 6.06. The van der Waals surface area contributed by atoms with Gasteiger partial charge in [-0.05, 0) is 47.1 Å². The predicted molar refractivity (Wildman–Crippen MR) is 127 cm³/mol. The van der Waals surface area contributed by atoms with Crippen molar-refractivity contribution in [1.82, 2.24) is 4.98 Å². The highest BCUT2D eigenvalue weighted by Crippen LogP contribution is 2.33. The van der Waals surface area contributed by atoms with Gasteiger partial charge < -0.3 is 14.2 Å². The average molecular weight is 513 g/mol. The molecule has 7 nitrogen and oxygen atoms in total. The Hall–Kier alpha value is -3.48. The van der Waals surface area contributed by atoms with E-state index in [1.54, 1.807) is 49.7 Å². The molecule has 0 bridgehead atoms. The molecule has 0 unspecified atom stereocenters. The molecule has 0 saturated heterocycles.